The number of aryl methyl sites for hydroxylation is 1. The first kappa shape index (κ1) is 16.1. The number of benzene rings is 2. The maximum atomic E-state index is 13.7. The standard InChI is InChI=1S/C17H18F2N2O/c1-12-3-8-16(15(19)9-12)20-17(22)11-21(2)10-13-4-6-14(18)7-5-13/h3-9H,10-11H2,1-2H3,(H,20,22). The van der Waals surface area contributed by atoms with E-state index in [2.05, 4.69) is 5.32 Å². The fourth-order valence-corrected chi connectivity index (χ4v) is 2.11. The number of carbonyl (C=O) groups excluding carboxylic acids is 1. The Balaban J connectivity index is 1.89. The molecule has 0 unspecified atom stereocenters. The van der Waals surface area contributed by atoms with Gasteiger partial charge in [0.25, 0.3) is 0 Å². The summed E-state index contributed by atoms with van der Waals surface area (Å²) in [7, 11) is 1.77. The van der Waals surface area contributed by atoms with Crippen molar-refractivity contribution in [2.75, 3.05) is 18.9 Å². The zero-order chi connectivity index (χ0) is 16.1. The number of amides is 1. The van der Waals surface area contributed by atoms with Crippen LogP contribution in [0.4, 0.5) is 14.5 Å². The summed E-state index contributed by atoms with van der Waals surface area (Å²) in [6, 6.07) is 10.8. The highest BCUT2D eigenvalue weighted by molar-refractivity contribution is 5.92. The van der Waals surface area contributed by atoms with Crippen LogP contribution in [0.3, 0.4) is 0 Å². The molecule has 0 spiro atoms. The van der Waals surface area contributed by atoms with Crippen molar-refractivity contribution in [3.8, 4) is 0 Å². The van der Waals surface area contributed by atoms with Crippen LogP contribution in [0.5, 0.6) is 0 Å². The zero-order valence-electron chi connectivity index (χ0n) is 12.6. The van der Waals surface area contributed by atoms with Crippen LogP contribution < -0.4 is 5.32 Å². The molecule has 1 N–H and O–H groups in total. The highest BCUT2D eigenvalue weighted by Gasteiger charge is 2.10. The quantitative estimate of drug-likeness (QED) is 0.919. The third-order valence-corrected chi connectivity index (χ3v) is 3.18. The maximum absolute atomic E-state index is 13.7. The molecule has 5 heteroatoms. The molecule has 0 radical (unpaired) electrons. The van der Waals surface area contributed by atoms with E-state index in [9.17, 15) is 13.6 Å². The molecule has 1 amide bonds. The highest BCUT2D eigenvalue weighted by atomic mass is 19.1. The van der Waals surface area contributed by atoms with Gasteiger partial charge in [-0.25, -0.2) is 8.78 Å². The van der Waals surface area contributed by atoms with E-state index in [1.807, 2.05) is 0 Å². The number of nitrogens with one attached hydrogen (secondary N) is 1. The minimum absolute atomic E-state index is 0.116. The van der Waals surface area contributed by atoms with Crippen LogP contribution in [0.15, 0.2) is 42.5 Å². The summed E-state index contributed by atoms with van der Waals surface area (Å²) < 4.78 is 26.5. The number of rotatable bonds is 5. The Hall–Kier alpha value is -2.27. The molecule has 116 valence electrons. The molecular weight excluding hydrogens is 286 g/mol. The number of likely N-dealkylation sites (N-methyl/N-ethyl adjacent to an activating group) is 1. The van der Waals surface area contributed by atoms with Crippen molar-refractivity contribution < 1.29 is 13.6 Å². The first-order valence-electron chi connectivity index (χ1n) is 6.93. The van der Waals surface area contributed by atoms with Crippen molar-refractivity contribution in [2.24, 2.45) is 0 Å². The van der Waals surface area contributed by atoms with Gasteiger partial charge in [-0.2, -0.15) is 0 Å². The van der Waals surface area contributed by atoms with Crippen molar-refractivity contribution in [3.05, 3.63) is 65.2 Å². The monoisotopic (exact) mass is 304 g/mol. The van der Waals surface area contributed by atoms with Gasteiger partial charge in [0.1, 0.15) is 11.6 Å². The normalized spacial score (nSPS) is 10.8. The van der Waals surface area contributed by atoms with Crippen molar-refractivity contribution >= 4 is 11.6 Å². The van der Waals surface area contributed by atoms with Crippen LogP contribution in [0.1, 0.15) is 11.1 Å². The fourth-order valence-electron chi connectivity index (χ4n) is 2.11. The van der Waals surface area contributed by atoms with E-state index in [-0.39, 0.29) is 24.0 Å². The van der Waals surface area contributed by atoms with Crippen molar-refractivity contribution in [3.63, 3.8) is 0 Å². The van der Waals surface area contributed by atoms with Crippen molar-refractivity contribution in [2.45, 2.75) is 13.5 Å². The molecule has 0 atom stereocenters. The minimum atomic E-state index is -0.450. The molecule has 0 fully saturated rings. The van der Waals surface area contributed by atoms with Crippen LogP contribution in [0.2, 0.25) is 0 Å². The Kier molecular flexibility index (Phi) is 5.22. The van der Waals surface area contributed by atoms with Gasteiger partial charge in [0.15, 0.2) is 0 Å². The van der Waals surface area contributed by atoms with Crippen molar-refractivity contribution in [1.82, 2.24) is 4.90 Å². The molecule has 0 aliphatic carbocycles. The first-order valence-corrected chi connectivity index (χ1v) is 6.93. The second-order valence-corrected chi connectivity index (χ2v) is 5.33. The molecular formula is C17H18F2N2O. The maximum Gasteiger partial charge on any atom is 0.238 e. The van der Waals surface area contributed by atoms with E-state index in [0.717, 1.165) is 11.1 Å². The SMILES string of the molecule is Cc1ccc(NC(=O)CN(C)Cc2ccc(F)cc2)c(F)c1. The second-order valence-electron chi connectivity index (χ2n) is 5.33. The summed E-state index contributed by atoms with van der Waals surface area (Å²) in [5.74, 6) is -1.04. The molecule has 2 aromatic rings. The third kappa shape index (κ3) is 4.63. The number of halogens is 2. The van der Waals surface area contributed by atoms with E-state index < -0.39 is 5.82 Å². The Labute approximate surface area is 128 Å². The predicted molar refractivity (Wildman–Crippen MR) is 82.5 cm³/mol. The molecule has 0 aliphatic heterocycles. The molecule has 0 saturated carbocycles. The zero-order valence-corrected chi connectivity index (χ0v) is 12.6. The molecule has 0 aliphatic rings. The lowest BCUT2D eigenvalue weighted by molar-refractivity contribution is -0.117. The van der Waals surface area contributed by atoms with Gasteiger partial charge in [-0.1, -0.05) is 18.2 Å². The molecule has 2 aromatic carbocycles. The van der Waals surface area contributed by atoms with Crippen LogP contribution in [0.25, 0.3) is 0 Å². The van der Waals surface area contributed by atoms with E-state index >= 15 is 0 Å². The Bertz CT molecular complexity index is 656. The molecule has 0 heterocycles. The number of hydrogen-bond donors (Lipinski definition) is 1. The van der Waals surface area contributed by atoms with E-state index in [1.165, 1.54) is 18.2 Å². The highest BCUT2D eigenvalue weighted by Crippen LogP contribution is 2.15. The van der Waals surface area contributed by atoms with Gasteiger partial charge in [-0.15, -0.1) is 0 Å². The van der Waals surface area contributed by atoms with Crippen LogP contribution >= 0.6 is 0 Å². The number of anilines is 1. The van der Waals surface area contributed by atoms with Crippen LogP contribution in [0, 0.1) is 18.6 Å². The lowest BCUT2D eigenvalue weighted by atomic mass is 10.2. The van der Waals surface area contributed by atoms with Gasteiger partial charge >= 0.3 is 0 Å². The van der Waals surface area contributed by atoms with E-state index in [4.69, 9.17) is 0 Å². The second kappa shape index (κ2) is 7.13. The van der Waals surface area contributed by atoms with Gasteiger partial charge in [0.2, 0.25) is 5.91 Å². The topological polar surface area (TPSA) is 32.3 Å². The van der Waals surface area contributed by atoms with E-state index in [1.54, 1.807) is 43.1 Å². The molecule has 2 rings (SSSR count). The van der Waals surface area contributed by atoms with Gasteiger partial charge in [0.05, 0.1) is 12.2 Å². The molecule has 3 nitrogen and oxygen atoms in total. The summed E-state index contributed by atoms with van der Waals surface area (Å²) in [6.45, 7) is 2.40. The summed E-state index contributed by atoms with van der Waals surface area (Å²) >= 11 is 0. The largest absolute Gasteiger partial charge is 0.322 e. The van der Waals surface area contributed by atoms with Gasteiger partial charge in [0, 0.05) is 6.54 Å². The van der Waals surface area contributed by atoms with Gasteiger partial charge < -0.3 is 5.32 Å². The van der Waals surface area contributed by atoms with Crippen molar-refractivity contribution in [1.29, 1.82) is 0 Å². The summed E-state index contributed by atoms with van der Waals surface area (Å²) in [6.07, 6.45) is 0. The van der Waals surface area contributed by atoms with Gasteiger partial charge in [-0.05, 0) is 49.4 Å². The predicted octanol–water partition coefficient (Wildman–Crippen LogP) is 3.34. The Morgan fingerprint density at radius 1 is 1.14 bits per heavy atom. The summed E-state index contributed by atoms with van der Waals surface area (Å²) in [5, 5.41) is 2.55. The lowest BCUT2D eigenvalue weighted by Gasteiger charge is -2.16. The molecule has 22 heavy (non-hydrogen) atoms. The smallest absolute Gasteiger partial charge is 0.238 e. The Morgan fingerprint density at radius 2 is 1.82 bits per heavy atom. The molecule has 0 saturated heterocycles. The fraction of sp³-hybridized carbons (Fsp3) is 0.235. The molecule has 0 bridgehead atoms. The number of carbonyl (C=O) groups is 1. The Morgan fingerprint density at radius 3 is 2.45 bits per heavy atom. The lowest BCUT2D eigenvalue weighted by Crippen LogP contribution is -2.30. The third-order valence-electron chi connectivity index (χ3n) is 3.18. The average molecular weight is 304 g/mol. The first-order chi connectivity index (χ1) is 10.4. The van der Waals surface area contributed by atoms with Gasteiger partial charge in [-0.3, -0.25) is 9.69 Å². The van der Waals surface area contributed by atoms with Crippen LogP contribution in [-0.2, 0) is 11.3 Å². The van der Waals surface area contributed by atoms with E-state index in [0.29, 0.717) is 6.54 Å². The summed E-state index contributed by atoms with van der Waals surface area (Å²) in [4.78, 5) is 13.7. The number of nitrogens with zero attached hydrogens (tertiary/aromatic N) is 1. The van der Waals surface area contributed by atoms with Crippen LogP contribution in [-0.4, -0.2) is 24.4 Å². The minimum Gasteiger partial charge on any atom is -0.322 e. The molecule has 0 aromatic heterocycles. The number of hydrogen-bond acceptors (Lipinski definition) is 2. The summed E-state index contributed by atoms with van der Waals surface area (Å²) in [5.41, 5.74) is 1.87. The average Bonchev–Trinajstić information content (AvgIpc) is 2.44.